The van der Waals surface area contributed by atoms with Gasteiger partial charge in [-0.05, 0) is 35.7 Å². The number of carboxylic acids is 1. The number of hydrogen-bond donors (Lipinski definition) is 1. The van der Waals surface area contributed by atoms with E-state index in [-0.39, 0.29) is 0 Å². The fourth-order valence-corrected chi connectivity index (χ4v) is 3.05. The van der Waals surface area contributed by atoms with Crippen LogP contribution in [0.4, 0.5) is 0 Å². The predicted octanol–water partition coefficient (Wildman–Crippen LogP) is 4.10. The summed E-state index contributed by atoms with van der Waals surface area (Å²) in [5.74, 6) is -0.878. The van der Waals surface area contributed by atoms with Gasteiger partial charge in [-0.2, -0.15) is 0 Å². The Bertz CT molecular complexity index is 760. The number of thiophene rings is 1. The van der Waals surface area contributed by atoms with E-state index in [2.05, 4.69) is 4.57 Å². The molecule has 0 fully saturated rings. The molecule has 0 spiro atoms. The largest absolute Gasteiger partial charge is 0.477 e. The van der Waals surface area contributed by atoms with Gasteiger partial charge < -0.3 is 9.67 Å². The van der Waals surface area contributed by atoms with Gasteiger partial charge in [-0.25, -0.2) is 4.79 Å². The van der Waals surface area contributed by atoms with Gasteiger partial charge in [0.05, 0.1) is 6.54 Å². The zero-order valence-corrected chi connectivity index (χ0v) is 11.4. The lowest BCUT2D eigenvalue weighted by atomic mass is 10.2. The van der Waals surface area contributed by atoms with Crippen LogP contribution in [0.1, 0.15) is 14.5 Å². The molecule has 0 aliphatic rings. The molecule has 5 heteroatoms. The van der Waals surface area contributed by atoms with Crippen LogP contribution in [0, 0.1) is 0 Å². The molecule has 0 saturated carbocycles. The summed E-state index contributed by atoms with van der Waals surface area (Å²) in [5.41, 5.74) is 1.05. The summed E-state index contributed by atoms with van der Waals surface area (Å²) < 4.78 is 2.07. The summed E-state index contributed by atoms with van der Waals surface area (Å²) in [6.07, 6.45) is 1.99. The van der Waals surface area contributed by atoms with E-state index in [4.69, 9.17) is 16.7 Å². The van der Waals surface area contributed by atoms with E-state index < -0.39 is 5.97 Å². The second-order valence-corrected chi connectivity index (χ2v) is 5.82. The molecule has 3 rings (SSSR count). The molecule has 0 radical (unpaired) electrons. The van der Waals surface area contributed by atoms with Crippen LogP contribution in [-0.2, 0) is 6.54 Å². The van der Waals surface area contributed by atoms with Crippen molar-refractivity contribution in [1.29, 1.82) is 0 Å². The lowest BCUT2D eigenvalue weighted by Gasteiger charge is -2.03. The Kier molecular flexibility index (Phi) is 3.05. The Hall–Kier alpha value is -1.78. The Labute approximate surface area is 118 Å². The Morgan fingerprint density at radius 2 is 2.11 bits per heavy atom. The lowest BCUT2D eigenvalue weighted by molar-refractivity contribution is 0.0702. The van der Waals surface area contributed by atoms with Gasteiger partial charge in [-0.1, -0.05) is 17.7 Å². The van der Waals surface area contributed by atoms with Crippen molar-refractivity contribution in [2.75, 3.05) is 0 Å². The first-order chi connectivity index (χ1) is 9.13. The van der Waals surface area contributed by atoms with Crippen LogP contribution in [0.3, 0.4) is 0 Å². The van der Waals surface area contributed by atoms with E-state index in [1.54, 1.807) is 6.07 Å². The fourth-order valence-electron chi connectivity index (χ4n) is 2.04. The molecule has 0 amide bonds. The Morgan fingerprint density at radius 1 is 1.26 bits per heavy atom. The number of fused-ring (bicyclic) bond motifs is 1. The average Bonchev–Trinajstić information content (AvgIpc) is 2.98. The van der Waals surface area contributed by atoms with Crippen LogP contribution in [0.2, 0.25) is 5.02 Å². The van der Waals surface area contributed by atoms with Crippen molar-refractivity contribution in [3.63, 3.8) is 0 Å². The van der Waals surface area contributed by atoms with Crippen molar-refractivity contribution in [1.82, 2.24) is 4.57 Å². The molecule has 1 N–H and O–H groups in total. The number of hydrogen-bond acceptors (Lipinski definition) is 2. The maximum absolute atomic E-state index is 10.9. The molecule has 3 nitrogen and oxygen atoms in total. The summed E-state index contributed by atoms with van der Waals surface area (Å²) >= 11 is 7.31. The number of rotatable bonds is 3. The van der Waals surface area contributed by atoms with Crippen molar-refractivity contribution >= 4 is 39.8 Å². The van der Waals surface area contributed by atoms with Gasteiger partial charge in [-0.15, -0.1) is 11.3 Å². The first kappa shape index (κ1) is 12.3. The number of aromatic carboxylic acids is 1. The fraction of sp³-hybridized carbons (Fsp3) is 0.0714. The molecule has 0 aliphatic carbocycles. The van der Waals surface area contributed by atoms with Crippen molar-refractivity contribution in [3.05, 3.63) is 57.4 Å². The molecule has 2 aromatic heterocycles. The Balaban J connectivity index is 1.96. The van der Waals surface area contributed by atoms with Gasteiger partial charge in [0.1, 0.15) is 4.88 Å². The number of halogens is 1. The summed E-state index contributed by atoms with van der Waals surface area (Å²) in [5, 5.41) is 10.7. The van der Waals surface area contributed by atoms with Crippen molar-refractivity contribution in [2.45, 2.75) is 6.54 Å². The van der Waals surface area contributed by atoms with Crippen molar-refractivity contribution in [2.24, 2.45) is 0 Å². The van der Waals surface area contributed by atoms with Crippen LogP contribution in [0.25, 0.3) is 10.9 Å². The standard InChI is InChI=1S/C14H10ClNO2S/c15-10-2-1-9-5-6-16(12(9)7-10)8-11-3-4-13(19-11)14(17)18/h1-7H,8H2,(H,17,18). The summed E-state index contributed by atoms with van der Waals surface area (Å²) in [7, 11) is 0. The van der Waals surface area contributed by atoms with E-state index in [9.17, 15) is 4.79 Å². The highest BCUT2D eigenvalue weighted by Crippen LogP contribution is 2.23. The van der Waals surface area contributed by atoms with Gasteiger partial charge in [0.15, 0.2) is 0 Å². The third-order valence-corrected chi connectivity index (χ3v) is 4.23. The first-order valence-electron chi connectivity index (χ1n) is 5.70. The number of carbonyl (C=O) groups is 1. The molecule has 0 saturated heterocycles. The smallest absolute Gasteiger partial charge is 0.345 e. The maximum Gasteiger partial charge on any atom is 0.345 e. The molecule has 0 aliphatic heterocycles. The highest BCUT2D eigenvalue weighted by atomic mass is 35.5. The summed E-state index contributed by atoms with van der Waals surface area (Å²) in [6, 6.07) is 11.3. The minimum atomic E-state index is -0.878. The molecule has 96 valence electrons. The van der Waals surface area contributed by atoms with Crippen molar-refractivity contribution in [3.8, 4) is 0 Å². The molecule has 3 aromatic rings. The minimum Gasteiger partial charge on any atom is -0.477 e. The van der Waals surface area contributed by atoms with Crippen LogP contribution in [0.15, 0.2) is 42.6 Å². The third kappa shape index (κ3) is 2.37. The van der Waals surface area contributed by atoms with Crippen molar-refractivity contribution < 1.29 is 9.90 Å². The zero-order chi connectivity index (χ0) is 13.4. The molecule has 1 aromatic carbocycles. The quantitative estimate of drug-likeness (QED) is 0.789. The SMILES string of the molecule is O=C(O)c1ccc(Cn2ccc3ccc(Cl)cc32)s1. The van der Waals surface area contributed by atoms with Crippen LogP contribution in [-0.4, -0.2) is 15.6 Å². The molecule has 0 bridgehead atoms. The van der Waals surface area contributed by atoms with E-state index in [1.807, 2.05) is 36.5 Å². The molecular weight excluding hydrogens is 282 g/mol. The monoisotopic (exact) mass is 291 g/mol. The van der Waals surface area contributed by atoms with E-state index in [0.29, 0.717) is 16.4 Å². The molecule has 19 heavy (non-hydrogen) atoms. The highest BCUT2D eigenvalue weighted by Gasteiger charge is 2.08. The van der Waals surface area contributed by atoms with Gasteiger partial charge in [0.2, 0.25) is 0 Å². The molecule has 2 heterocycles. The van der Waals surface area contributed by atoms with Crippen LogP contribution < -0.4 is 0 Å². The lowest BCUT2D eigenvalue weighted by Crippen LogP contribution is -1.95. The van der Waals surface area contributed by atoms with E-state index >= 15 is 0 Å². The van der Waals surface area contributed by atoms with Gasteiger partial charge in [0, 0.05) is 21.6 Å². The van der Waals surface area contributed by atoms with Gasteiger partial charge in [0.25, 0.3) is 0 Å². The topological polar surface area (TPSA) is 42.2 Å². The number of carboxylic acid groups (broad SMARTS) is 1. The number of aromatic nitrogens is 1. The van der Waals surface area contributed by atoms with Gasteiger partial charge in [-0.3, -0.25) is 0 Å². The Morgan fingerprint density at radius 3 is 2.84 bits per heavy atom. The van der Waals surface area contributed by atoms with E-state index in [0.717, 1.165) is 15.8 Å². The normalized spacial score (nSPS) is 11.0. The average molecular weight is 292 g/mol. The predicted molar refractivity (Wildman–Crippen MR) is 77.3 cm³/mol. The highest BCUT2D eigenvalue weighted by molar-refractivity contribution is 7.13. The van der Waals surface area contributed by atoms with Gasteiger partial charge >= 0.3 is 5.97 Å². The second kappa shape index (κ2) is 4.72. The van der Waals surface area contributed by atoms with Crippen LogP contribution in [0.5, 0.6) is 0 Å². The van der Waals surface area contributed by atoms with Crippen LogP contribution >= 0.6 is 22.9 Å². The summed E-state index contributed by atoms with van der Waals surface area (Å²) in [6.45, 7) is 0.655. The summed E-state index contributed by atoms with van der Waals surface area (Å²) in [4.78, 5) is 12.2. The minimum absolute atomic E-state index is 0.365. The number of nitrogens with zero attached hydrogens (tertiary/aromatic N) is 1. The molecule has 0 unspecified atom stereocenters. The maximum atomic E-state index is 10.9. The molecule has 0 atom stereocenters. The third-order valence-electron chi connectivity index (χ3n) is 2.93. The second-order valence-electron chi connectivity index (χ2n) is 4.22. The zero-order valence-electron chi connectivity index (χ0n) is 9.84. The molecular formula is C14H10ClNO2S. The first-order valence-corrected chi connectivity index (χ1v) is 6.89. The number of benzene rings is 1. The van der Waals surface area contributed by atoms with E-state index in [1.165, 1.54) is 11.3 Å².